The van der Waals surface area contributed by atoms with Crippen molar-refractivity contribution in [1.82, 2.24) is 0 Å². The van der Waals surface area contributed by atoms with E-state index in [0.29, 0.717) is 37.2 Å². The molecule has 16 heavy (non-hydrogen) atoms. The maximum Gasteiger partial charge on any atom is 0.134 e. The molecule has 0 rings (SSSR count). The Morgan fingerprint density at radius 3 is 1.62 bits per heavy atom. The van der Waals surface area contributed by atoms with Crippen molar-refractivity contribution in [2.24, 2.45) is 5.92 Å². The molecule has 0 spiro atoms. The van der Waals surface area contributed by atoms with Gasteiger partial charge in [-0.05, 0) is 29.9 Å². The van der Waals surface area contributed by atoms with Gasteiger partial charge < -0.3 is 0 Å². The van der Waals surface area contributed by atoms with E-state index in [9.17, 15) is 9.59 Å². The maximum absolute atomic E-state index is 11.5. The molecule has 0 unspecified atom stereocenters. The fraction of sp³-hybridized carbons (Fsp3) is 0.833. The smallest absolute Gasteiger partial charge is 0.134 e. The first-order chi connectivity index (χ1) is 7.60. The molecule has 94 valence electrons. The highest BCUT2D eigenvalue weighted by atomic mass is 32.2. The van der Waals surface area contributed by atoms with Crippen LogP contribution < -0.4 is 0 Å². The predicted octanol–water partition coefficient (Wildman–Crippen LogP) is 3.05. The van der Waals surface area contributed by atoms with Crippen LogP contribution in [0.4, 0.5) is 0 Å². The lowest BCUT2D eigenvalue weighted by Gasteiger charge is -2.09. The second kappa shape index (κ2) is 10.2. The lowest BCUT2D eigenvalue weighted by Crippen LogP contribution is -2.11. The second-order valence-electron chi connectivity index (χ2n) is 4.08. The molecule has 0 N–H and O–H groups in total. The zero-order valence-electron chi connectivity index (χ0n) is 10.5. The molecular formula is C12H22O2S2. The van der Waals surface area contributed by atoms with Crippen LogP contribution in [0.3, 0.4) is 0 Å². The quantitative estimate of drug-likeness (QED) is 0.606. The van der Waals surface area contributed by atoms with Gasteiger partial charge >= 0.3 is 0 Å². The van der Waals surface area contributed by atoms with Crippen LogP contribution in [0.1, 0.15) is 32.6 Å². The Kier molecular flexibility index (Phi) is 10.2. The van der Waals surface area contributed by atoms with Crippen LogP contribution in [0.15, 0.2) is 0 Å². The molecule has 2 nitrogen and oxygen atoms in total. The van der Waals surface area contributed by atoms with Gasteiger partial charge in [-0.1, -0.05) is 6.92 Å². The van der Waals surface area contributed by atoms with Crippen molar-refractivity contribution in [2.75, 3.05) is 24.0 Å². The number of carbonyl (C=O) groups is 2. The van der Waals surface area contributed by atoms with Gasteiger partial charge in [0.05, 0.1) is 0 Å². The van der Waals surface area contributed by atoms with Crippen molar-refractivity contribution in [1.29, 1.82) is 0 Å². The first-order valence-corrected chi connectivity index (χ1v) is 8.40. The van der Waals surface area contributed by atoms with E-state index in [-0.39, 0.29) is 5.92 Å². The monoisotopic (exact) mass is 262 g/mol. The lowest BCUT2D eigenvalue weighted by atomic mass is 9.97. The number of hydrogen-bond acceptors (Lipinski definition) is 4. The molecule has 0 atom stereocenters. The molecule has 0 fully saturated rings. The number of thioether (sulfide) groups is 2. The van der Waals surface area contributed by atoms with E-state index in [4.69, 9.17) is 0 Å². The van der Waals surface area contributed by atoms with Crippen LogP contribution in [0, 0.1) is 5.92 Å². The molecule has 0 radical (unpaired) electrons. The summed E-state index contributed by atoms with van der Waals surface area (Å²) >= 11 is 3.38. The third-order valence-electron chi connectivity index (χ3n) is 2.32. The molecule has 0 aliphatic carbocycles. The van der Waals surface area contributed by atoms with Gasteiger partial charge in [-0.3, -0.25) is 9.59 Å². The maximum atomic E-state index is 11.5. The van der Waals surface area contributed by atoms with E-state index in [1.165, 1.54) is 0 Å². The van der Waals surface area contributed by atoms with Crippen molar-refractivity contribution in [3.8, 4) is 0 Å². The first kappa shape index (κ1) is 16.0. The SMILES string of the molecule is CSCCC(=O)CC(C)CC(=O)CCSC. The Hall–Kier alpha value is 0.0400. The van der Waals surface area contributed by atoms with E-state index in [1.807, 2.05) is 19.4 Å². The van der Waals surface area contributed by atoms with Crippen LogP contribution in [0.2, 0.25) is 0 Å². The van der Waals surface area contributed by atoms with E-state index >= 15 is 0 Å². The standard InChI is InChI=1S/C12H22O2S2/c1-10(8-11(13)4-6-15-2)9-12(14)5-7-16-3/h10H,4-9H2,1-3H3. The van der Waals surface area contributed by atoms with Crippen molar-refractivity contribution in [3.63, 3.8) is 0 Å². The van der Waals surface area contributed by atoms with Gasteiger partial charge in [-0.2, -0.15) is 23.5 Å². The highest BCUT2D eigenvalue weighted by Crippen LogP contribution is 2.13. The van der Waals surface area contributed by atoms with Crippen LogP contribution >= 0.6 is 23.5 Å². The Labute approximate surface area is 107 Å². The second-order valence-corrected chi connectivity index (χ2v) is 6.05. The molecule has 0 aromatic rings. The normalized spacial score (nSPS) is 10.8. The molecule has 4 heteroatoms. The van der Waals surface area contributed by atoms with Gasteiger partial charge in [0.1, 0.15) is 11.6 Å². The minimum absolute atomic E-state index is 0.212. The summed E-state index contributed by atoms with van der Waals surface area (Å²) in [5, 5.41) is 0. The molecule has 0 aliphatic heterocycles. The van der Waals surface area contributed by atoms with Crippen molar-refractivity contribution >= 4 is 35.1 Å². The first-order valence-electron chi connectivity index (χ1n) is 5.61. The number of hydrogen-bond donors (Lipinski definition) is 0. The van der Waals surface area contributed by atoms with E-state index in [2.05, 4.69) is 0 Å². The number of Topliss-reactive ketones (excluding diaryl/α,β-unsaturated/α-hetero) is 2. The van der Waals surface area contributed by atoms with Gasteiger partial charge in [-0.15, -0.1) is 0 Å². The van der Waals surface area contributed by atoms with E-state index in [1.54, 1.807) is 23.5 Å². The summed E-state index contributed by atoms with van der Waals surface area (Å²) in [6, 6.07) is 0. The third-order valence-corrected chi connectivity index (χ3v) is 3.55. The van der Waals surface area contributed by atoms with Crippen molar-refractivity contribution in [3.05, 3.63) is 0 Å². The molecule has 0 saturated carbocycles. The fourth-order valence-corrected chi connectivity index (χ4v) is 2.35. The highest BCUT2D eigenvalue weighted by molar-refractivity contribution is 7.98. The van der Waals surface area contributed by atoms with Gasteiger partial charge in [0.25, 0.3) is 0 Å². The van der Waals surface area contributed by atoms with Gasteiger partial charge in [0.2, 0.25) is 0 Å². The van der Waals surface area contributed by atoms with Crippen LogP contribution in [0.25, 0.3) is 0 Å². The Balaban J connectivity index is 3.67. The van der Waals surface area contributed by atoms with Gasteiger partial charge in [0.15, 0.2) is 0 Å². The van der Waals surface area contributed by atoms with Crippen molar-refractivity contribution in [2.45, 2.75) is 32.6 Å². The zero-order valence-corrected chi connectivity index (χ0v) is 12.1. The van der Waals surface area contributed by atoms with E-state index < -0.39 is 0 Å². The summed E-state index contributed by atoms with van der Waals surface area (Å²) in [4.78, 5) is 23.0. The van der Waals surface area contributed by atoms with E-state index in [0.717, 1.165) is 11.5 Å². The molecule has 0 amide bonds. The van der Waals surface area contributed by atoms with Crippen LogP contribution in [-0.2, 0) is 9.59 Å². The minimum atomic E-state index is 0.212. The predicted molar refractivity (Wildman–Crippen MR) is 74.4 cm³/mol. The lowest BCUT2D eigenvalue weighted by molar-refractivity contribution is -0.121. The summed E-state index contributed by atoms with van der Waals surface area (Å²) < 4.78 is 0. The summed E-state index contributed by atoms with van der Waals surface area (Å²) in [5.41, 5.74) is 0. The van der Waals surface area contributed by atoms with Gasteiger partial charge in [0, 0.05) is 25.7 Å². The average molecular weight is 262 g/mol. The largest absolute Gasteiger partial charge is 0.300 e. The molecule has 0 aliphatic rings. The summed E-state index contributed by atoms with van der Waals surface area (Å²) in [6.07, 6.45) is 6.41. The summed E-state index contributed by atoms with van der Waals surface area (Å²) in [6.45, 7) is 1.99. The molecule has 0 aromatic carbocycles. The minimum Gasteiger partial charge on any atom is -0.300 e. The molecule has 0 saturated heterocycles. The average Bonchev–Trinajstić information content (AvgIpc) is 2.23. The van der Waals surface area contributed by atoms with Crippen LogP contribution in [-0.4, -0.2) is 35.6 Å². The zero-order chi connectivity index (χ0) is 12.4. The molecule has 0 aromatic heterocycles. The Bertz CT molecular complexity index is 195. The number of rotatable bonds is 10. The molecule has 0 bridgehead atoms. The summed E-state index contributed by atoms with van der Waals surface area (Å²) in [7, 11) is 0. The van der Waals surface area contributed by atoms with Crippen LogP contribution in [0.5, 0.6) is 0 Å². The topological polar surface area (TPSA) is 34.1 Å². The molecule has 0 heterocycles. The Morgan fingerprint density at radius 1 is 0.938 bits per heavy atom. The number of carbonyl (C=O) groups excluding carboxylic acids is 2. The Morgan fingerprint density at radius 2 is 1.31 bits per heavy atom. The fourth-order valence-electron chi connectivity index (χ4n) is 1.49. The number of ketones is 2. The summed E-state index contributed by atoms with van der Waals surface area (Å²) in [5.74, 6) is 2.58. The van der Waals surface area contributed by atoms with Crippen molar-refractivity contribution < 1.29 is 9.59 Å². The molecular weight excluding hydrogens is 240 g/mol. The third kappa shape index (κ3) is 9.28. The van der Waals surface area contributed by atoms with Gasteiger partial charge in [-0.25, -0.2) is 0 Å². The highest BCUT2D eigenvalue weighted by Gasteiger charge is 2.12.